The molecule has 1 saturated heterocycles. The van der Waals surface area contributed by atoms with Crippen LogP contribution in [0.1, 0.15) is 71.0 Å². The number of aryl methyl sites for hydroxylation is 1. The number of H-pyrrole nitrogens is 2. The van der Waals surface area contributed by atoms with Crippen molar-refractivity contribution in [1.29, 1.82) is 0 Å². The first kappa shape index (κ1) is 21.7. The summed E-state index contributed by atoms with van der Waals surface area (Å²) in [6.07, 6.45) is 3.45. The molecule has 2 aliphatic rings. The number of benzene rings is 1. The molecule has 1 atom stereocenters. The Hall–Kier alpha value is -3.13. The molecule has 8 heteroatoms. The summed E-state index contributed by atoms with van der Waals surface area (Å²) in [6.45, 7) is 6.45. The Morgan fingerprint density at radius 2 is 2.06 bits per heavy atom. The number of nitrogens with zero attached hydrogens (tertiary/aromatic N) is 3. The first-order valence-electron chi connectivity index (χ1n) is 11.8. The minimum Gasteiger partial charge on any atom is -0.493 e. The monoisotopic (exact) mass is 449 g/mol. The highest BCUT2D eigenvalue weighted by Crippen LogP contribution is 2.27. The van der Waals surface area contributed by atoms with Gasteiger partial charge < -0.3 is 14.4 Å². The van der Waals surface area contributed by atoms with E-state index in [1.807, 2.05) is 23.1 Å². The summed E-state index contributed by atoms with van der Waals surface area (Å²) in [5.41, 5.74) is 5.88. The van der Waals surface area contributed by atoms with Gasteiger partial charge in [-0.1, -0.05) is 26.0 Å². The SMILES string of the molecule is CC(C)c1ccc(OCCc2cc([C@H]3CN(C(=O)c4n[nH]c5c4CCC5)CCO3)n[nH]2)cc1. The third kappa shape index (κ3) is 4.66. The lowest BCUT2D eigenvalue weighted by molar-refractivity contribution is -0.0249. The van der Waals surface area contributed by atoms with E-state index in [1.54, 1.807) is 0 Å². The maximum absolute atomic E-state index is 13.1. The Morgan fingerprint density at radius 3 is 2.88 bits per heavy atom. The van der Waals surface area contributed by atoms with Crippen LogP contribution in [-0.4, -0.2) is 57.5 Å². The number of nitrogens with one attached hydrogen (secondary N) is 2. The van der Waals surface area contributed by atoms with Gasteiger partial charge in [-0.3, -0.25) is 15.0 Å². The Bertz CT molecular complexity index is 1100. The molecule has 2 N–H and O–H groups in total. The van der Waals surface area contributed by atoms with E-state index in [0.29, 0.717) is 44.3 Å². The van der Waals surface area contributed by atoms with Gasteiger partial charge in [0.25, 0.3) is 5.91 Å². The number of ether oxygens (including phenoxy) is 2. The molecule has 1 aliphatic heterocycles. The van der Waals surface area contributed by atoms with Crippen LogP contribution < -0.4 is 4.74 Å². The lowest BCUT2D eigenvalue weighted by Crippen LogP contribution is -2.42. The molecule has 8 nitrogen and oxygen atoms in total. The first-order valence-corrected chi connectivity index (χ1v) is 11.8. The van der Waals surface area contributed by atoms with Crippen LogP contribution in [0.2, 0.25) is 0 Å². The fourth-order valence-corrected chi connectivity index (χ4v) is 4.56. The van der Waals surface area contributed by atoms with E-state index >= 15 is 0 Å². The lowest BCUT2D eigenvalue weighted by Gasteiger charge is -2.31. The van der Waals surface area contributed by atoms with Crippen molar-refractivity contribution in [3.05, 3.63) is 64.2 Å². The summed E-state index contributed by atoms with van der Waals surface area (Å²) in [6, 6.07) is 10.3. The van der Waals surface area contributed by atoms with Gasteiger partial charge in [-0.05, 0) is 48.9 Å². The van der Waals surface area contributed by atoms with Crippen LogP contribution in [0.4, 0.5) is 0 Å². The topological polar surface area (TPSA) is 96.1 Å². The van der Waals surface area contributed by atoms with Crippen molar-refractivity contribution in [2.45, 2.75) is 51.6 Å². The molecule has 3 heterocycles. The number of rotatable bonds is 7. The number of aromatic amines is 2. The average Bonchev–Trinajstić information content (AvgIpc) is 3.57. The van der Waals surface area contributed by atoms with Crippen molar-refractivity contribution in [2.24, 2.45) is 0 Å². The lowest BCUT2D eigenvalue weighted by atomic mass is 10.0. The normalized spacial score (nSPS) is 18.0. The van der Waals surface area contributed by atoms with Crippen LogP contribution in [-0.2, 0) is 24.0 Å². The molecule has 0 unspecified atom stereocenters. The van der Waals surface area contributed by atoms with E-state index in [-0.39, 0.29) is 12.0 Å². The second kappa shape index (κ2) is 9.39. The van der Waals surface area contributed by atoms with Gasteiger partial charge in [0.05, 0.1) is 25.5 Å². The van der Waals surface area contributed by atoms with Gasteiger partial charge in [0.15, 0.2) is 5.69 Å². The van der Waals surface area contributed by atoms with Crippen molar-refractivity contribution in [2.75, 3.05) is 26.3 Å². The van der Waals surface area contributed by atoms with Crippen LogP contribution in [0.15, 0.2) is 30.3 Å². The van der Waals surface area contributed by atoms with E-state index < -0.39 is 0 Å². The number of hydrogen-bond donors (Lipinski definition) is 2. The predicted octanol–water partition coefficient (Wildman–Crippen LogP) is 3.58. The van der Waals surface area contributed by atoms with E-state index in [2.05, 4.69) is 46.4 Å². The molecule has 0 bridgehead atoms. The maximum Gasteiger partial charge on any atom is 0.274 e. The van der Waals surface area contributed by atoms with Crippen LogP contribution in [0, 0.1) is 0 Å². The smallest absolute Gasteiger partial charge is 0.274 e. The van der Waals surface area contributed by atoms with Crippen LogP contribution in [0.5, 0.6) is 5.75 Å². The van der Waals surface area contributed by atoms with E-state index in [1.165, 1.54) is 5.56 Å². The molecule has 174 valence electrons. The average molecular weight is 450 g/mol. The first-order chi connectivity index (χ1) is 16.1. The summed E-state index contributed by atoms with van der Waals surface area (Å²) in [5, 5.41) is 14.9. The summed E-state index contributed by atoms with van der Waals surface area (Å²) < 4.78 is 11.8. The van der Waals surface area contributed by atoms with Gasteiger partial charge in [-0.25, -0.2) is 0 Å². The second-order valence-corrected chi connectivity index (χ2v) is 9.13. The summed E-state index contributed by atoms with van der Waals surface area (Å²) in [7, 11) is 0. The zero-order valence-corrected chi connectivity index (χ0v) is 19.3. The Labute approximate surface area is 193 Å². The van der Waals surface area contributed by atoms with Crippen LogP contribution >= 0.6 is 0 Å². The molecule has 2 aromatic heterocycles. The number of carbonyl (C=O) groups excluding carboxylic acids is 1. The number of hydrogen-bond acceptors (Lipinski definition) is 5. The molecular formula is C25H31N5O3. The standard InChI is InChI=1S/C25H31N5O3/c1-16(2)17-6-8-19(9-7-17)32-12-10-18-14-22(28-26-18)23-15-30(11-13-33-23)25(31)24-20-4-3-5-21(20)27-29-24/h6-9,14,16,23H,3-5,10-13,15H2,1-2H3,(H,26,28)(H,27,29)/t23-/m1/s1. The van der Waals surface area contributed by atoms with Crippen LogP contribution in [0.3, 0.4) is 0 Å². The molecular weight excluding hydrogens is 418 g/mol. The molecule has 1 aliphatic carbocycles. The third-order valence-corrected chi connectivity index (χ3v) is 6.53. The van der Waals surface area contributed by atoms with Gasteiger partial charge in [0, 0.05) is 29.9 Å². The van der Waals surface area contributed by atoms with Gasteiger partial charge in [-0.2, -0.15) is 10.2 Å². The minimum absolute atomic E-state index is 0.0182. The van der Waals surface area contributed by atoms with E-state index in [9.17, 15) is 4.79 Å². The van der Waals surface area contributed by atoms with E-state index in [0.717, 1.165) is 47.7 Å². The number of carbonyl (C=O) groups is 1. The molecule has 1 fully saturated rings. The van der Waals surface area contributed by atoms with Gasteiger partial charge in [0.2, 0.25) is 0 Å². The van der Waals surface area contributed by atoms with Crippen molar-refractivity contribution < 1.29 is 14.3 Å². The van der Waals surface area contributed by atoms with Crippen molar-refractivity contribution in [3.8, 4) is 5.75 Å². The zero-order chi connectivity index (χ0) is 22.8. The Morgan fingerprint density at radius 1 is 1.21 bits per heavy atom. The summed E-state index contributed by atoms with van der Waals surface area (Å²) in [5.74, 6) is 1.36. The highest BCUT2D eigenvalue weighted by Gasteiger charge is 2.31. The largest absolute Gasteiger partial charge is 0.493 e. The van der Waals surface area contributed by atoms with E-state index in [4.69, 9.17) is 9.47 Å². The molecule has 3 aromatic rings. The highest BCUT2D eigenvalue weighted by atomic mass is 16.5. The third-order valence-electron chi connectivity index (χ3n) is 6.53. The van der Waals surface area contributed by atoms with Gasteiger partial charge in [-0.15, -0.1) is 0 Å². The number of morpholine rings is 1. The van der Waals surface area contributed by atoms with Crippen LogP contribution in [0.25, 0.3) is 0 Å². The second-order valence-electron chi connectivity index (χ2n) is 9.13. The summed E-state index contributed by atoms with van der Waals surface area (Å²) in [4.78, 5) is 14.9. The maximum atomic E-state index is 13.1. The van der Waals surface area contributed by atoms with Gasteiger partial charge in [0.1, 0.15) is 11.9 Å². The zero-order valence-electron chi connectivity index (χ0n) is 19.3. The molecule has 5 rings (SSSR count). The number of amides is 1. The fourth-order valence-electron chi connectivity index (χ4n) is 4.56. The quantitative estimate of drug-likeness (QED) is 0.575. The molecule has 1 aromatic carbocycles. The summed E-state index contributed by atoms with van der Waals surface area (Å²) >= 11 is 0. The minimum atomic E-state index is -0.246. The van der Waals surface area contributed by atoms with Crippen molar-refractivity contribution in [1.82, 2.24) is 25.3 Å². The van der Waals surface area contributed by atoms with Crippen molar-refractivity contribution in [3.63, 3.8) is 0 Å². The molecule has 0 radical (unpaired) electrons. The van der Waals surface area contributed by atoms with Gasteiger partial charge >= 0.3 is 0 Å². The fraction of sp³-hybridized carbons (Fsp3) is 0.480. The molecule has 0 saturated carbocycles. The molecule has 0 spiro atoms. The van der Waals surface area contributed by atoms with Crippen molar-refractivity contribution >= 4 is 5.91 Å². The highest BCUT2D eigenvalue weighted by molar-refractivity contribution is 5.94. The Kier molecular flexibility index (Phi) is 6.17. The predicted molar refractivity (Wildman–Crippen MR) is 124 cm³/mol. The molecule has 1 amide bonds. The molecule has 33 heavy (non-hydrogen) atoms. The Balaban J connectivity index is 1.16. The number of fused-ring (bicyclic) bond motifs is 1. The number of aromatic nitrogens is 4.